The molecule has 2 heterocycles. The summed E-state index contributed by atoms with van der Waals surface area (Å²) in [5.41, 5.74) is 4.20. The molecule has 2 aromatic heterocycles. The summed E-state index contributed by atoms with van der Waals surface area (Å²) in [6.45, 7) is 0. The monoisotopic (exact) mass is 290 g/mol. The summed E-state index contributed by atoms with van der Waals surface area (Å²) in [5, 5.41) is 10.5. The smallest absolute Gasteiger partial charge is 0.189 e. The van der Waals surface area contributed by atoms with Crippen LogP contribution >= 0.6 is 0 Å². The number of carbonyl (C=O) groups is 1. The topological polar surface area (TPSA) is 66.0 Å². The van der Waals surface area contributed by atoms with Gasteiger partial charge in [0.05, 0.1) is 0 Å². The Kier molecular flexibility index (Phi) is 2.82. The third-order valence-electron chi connectivity index (χ3n) is 4.10. The van der Waals surface area contributed by atoms with Gasteiger partial charge in [0.1, 0.15) is 11.4 Å². The number of hydrogen-bond acceptors (Lipinski definition) is 3. The van der Waals surface area contributed by atoms with Crippen LogP contribution in [0.5, 0.6) is 5.75 Å². The number of rotatable bonds is 1. The summed E-state index contributed by atoms with van der Waals surface area (Å²) < 4.78 is 0. The fraction of sp³-hybridized carbons (Fsp3) is 0.111. The first-order valence-corrected chi connectivity index (χ1v) is 7.21. The summed E-state index contributed by atoms with van der Waals surface area (Å²) in [6, 6.07) is 8.83. The zero-order valence-electron chi connectivity index (χ0n) is 11.8. The lowest BCUT2D eigenvalue weighted by Gasteiger charge is -2.17. The first kappa shape index (κ1) is 12.8. The van der Waals surface area contributed by atoms with Gasteiger partial charge in [0, 0.05) is 34.5 Å². The molecule has 0 fully saturated rings. The molecule has 2 N–H and O–H groups in total. The van der Waals surface area contributed by atoms with Crippen LogP contribution in [0.4, 0.5) is 0 Å². The number of hydrogen-bond donors (Lipinski definition) is 2. The lowest BCUT2D eigenvalue weighted by Crippen LogP contribution is -2.13. The third-order valence-corrected chi connectivity index (χ3v) is 4.10. The largest absolute Gasteiger partial charge is 0.508 e. The van der Waals surface area contributed by atoms with E-state index in [4.69, 9.17) is 0 Å². The number of carbonyl (C=O) groups excluding carboxylic acids is 1. The average molecular weight is 290 g/mol. The van der Waals surface area contributed by atoms with Gasteiger partial charge in [0.2, 0.25) is 0 Å². The van der Waals surface area contributed by atoms with Crippen LogP contribution in [0.2, 0.25) is 0 Å². The van der Waals surface area contributed by atoms with Crippen molar-refractivity contribution in [3.63, 3.8) is 0 Å². The number of phenols is 1. The highest BCUT2D eigenvalue weighted by molar-refractivity contribution is 6.13. The van der Waals surface area contributed by atoms with Crippen LogP contribution in [0, 0.1) is 0 Å². The molecule has 0 unspecified atom stereocenters. The number of ketones is 1. The van der Waals surface area contributed by atoms with Gasteiger partial charge >= 0.3 is 0 Å². The molecule has 1 aliphatic rings. The summed E-state index contributed by atoms with van der Waals surface area (Å²) in [5.74, 6) is 0.251. The van der Waals surface area contributed by atoms with E-state index in [0.29, 0.717) is 12.0 Å². The van der Waals surface area contributed by atoms with Crippen molar-refractivity contribution in [1.29, 1.82) is 0 Å². The molecule has 0 spiro atoms. The molecule has 0 atom stereocenters. The highest BCUT2D eigenvalue weighted by Crippen LogP contribution is 2.30. The number of aryl methyl sites for hydroxylation is 1. The summed E-state index contributed by atoms with van der Waals surface area (Å²) in [4.78, 5) is 20.0. The molecule has 22 heavy (non-hydrogen) atoms. The van der Waals surface area contributed by atoms with E-state index in [-0.39, 0.29) is 11.5 Å². The number of phenolic OH excluding ortho intramolecular Hbond substituents is 1. The highest BCUT2D eigenvalue weighted by atomic mass is 16.3. The molecule has 0 aliphatic heterocycles. The standard InChI is InChI=1S/C18H14N2O2/c21-14-5-6-15-11(9-14)3-4-12(17(15)22)8-13-10-20-18-16(13)2-1-7-19-18/h1-2,5-10,21H,3-4H2,(H,19,20)/b12-8+. The van der Waals surface area contributed by atoms with E-state index >= 15 is 0 Å². The van der Waals surface area contributed by atoms with Crippen molar-refractivity contribution in [2.24, 2.45) is 0 Å². The number of benzene rings is 1. The minimum Gasteiger partial charge on any atom is -0.508 e. The predicted molar refractivity (Wildman–Crippen MR) is 84.8 cm³/mol. The number of aromatic amines is 1. The van der Waals surface area contributed by atoms with Gasteiger partial charge in [-0.3, -0.25) is 4.79 Å². The van der Waals surface area contributed by atoms with E-state index in [0.717, 1.165) is 34.2 Å². The maximum absolute atomic E-state index is 12.6. The maximum atomic E-state index is 12.6. The van der Waals surface area contributed by atoms with Crippen LogP contribution in [0.25, 0.3) is 17.1 Å². The summed E-state index contributed by atoms with van der Waals surface area (Å²) in [6.07, 6.45) is 7.01. The first-order chi connectivity index (χ1) is 10.7. The fourth-order valence-corrected chi connectivity index (χ4v) is 2.99. The number of Topliss-reactive ketones (excluding diaryl/α,β-unsaturated/α-hetero) is 1. The van der Waals surface area contributed by atoms with E-state index in [9.17, 15) is 9.90 Å². The number of pyridine rings is 1. The number of allylic oxidation sites excluding steroid dienone is 1. The van der Waals surface area contributed by atoms with Gasteiger partial charge in [-0.2, -0.15) is 0 Å². The molecule has 108 valence electrons. The lowest BCUT2D eigenvalue weighted by atomic mass is 9.86. The van der Waals surface area contributed by atoms with Crippen LogP contribution in [-0.4, -0.2) is 20.9 Å². The third kappa shape index (κ3) is 2.00. The molecule has 4 heteroatoms. The number of H-pyrrole nitrogens is 1. The Bertz CT molecular complexity index is 922. The summed E-state index contributed by atoms with van der Waals surface area (Å²) in [7, 11) is 0. The Morgan fingerprint density at radius 1 is 1.23 bits per heavy atom. The van der Waals surface area contributed by atoms with Crippen LogP contribution in [0.1, 0.15) is 27.9 Å². The van der Waals surface area contributed by atoms with Gasteiger partial charge in [-0.25, -0.2) is 4.98 Å². The molecule has 1 aliphatic carbocycles. The van der Waals surface area contributed by atoms with Crippen molar-refractivity contribution in [2.75, 3.05) is 0 Å². The Balaban J connectivity index is 1.77. The number of fused-ring (bicyclic) bond motifs is 2. The van der Waals surface area contributed by atoms with E-state index < -0.39 is 0 Å². The van der Waals surface area contributed by atoms with Crippen molar-refractivity contribution in [2.45, 2.75) is 12.8 Å². The van der Waals surface area contributed by atoms with Crippen molar-refractivity contribution < 1.29 is 9.90 Å². The summed E-state index contributed by atoms with van der Waals surface area (Å²) >= 11 is 0. The number of aromatic hydroxyl groups is 1. The van der Waals surface area contributed by atoms with Gasteiger partial charge in [-0.05, 0) is 54.8 Å². The average Bonchev–Trinajstić information content (AvgIpc) is 2.93. The van der Waals surface area contributed by atoms with Crippen molar-refractivity contribution >= 4 is 22.9 Å². The molecule has 1 aromatic carbocycles. The molecule has 0 radical (unpaired) electrons. The first-order valence-electron chi connectivity index (χ1n) is 7.21. The minimum absolute atomic E-state index is 0.0412. The predicted octanol–water partition coefficient (Wildman–Crippen LogP) is 3.48. The van der Waals surface area contributed by atoms with E-state index in [2.05, 4.69) is 9.97 Å². The van der Waals surface area contributed by atoms with Gasteiger partial charge in [0.15, 0.2) is 5.78 Å². The zero-order chi connectivity index (χ0) is 15.1. The van der Waals surface area contributed by atoms with E-state index in [1.165, 1.54) is 0 Å². The lowest BCUT2D eigenvalue weighted by molar-refractivity contribution is 0.102. The Labute approximate surface area is 127 Å². The second kappa shape index (κ2) is 4.84. The molecule has 0 amide bonds. The molecule has 0 saturated heterocycles. The Morgan fingerprint density at radius 2 is 2.14 bits per heavy atom. The number of nitrogens with zero attached hydrogens (tertiary/aromatic N) is 1. The minimum atomic E-state index is 0.0412. The van der Waals surface area contributed by atoms with Crippen molar-refractivity contribution in [3.05, 3.63) is 65.0 Å². The molecular formula is C18H14N2O2. The van der Waals surface area contributed by atoms with Crippen LogP contribution in [0.3, 0.4) is 0 Å². The zero-order valence-corrected chi connectivity index (χ0v) is 11.8. The molecule has 0 bridgehead atoms. The van der Waals surface area contributed by atoms with Gasteiger partial charge in [0.25, 0.3) is 0 Å². The molecular weight excluding hydrogens is 276 g/mol. The number of aromatic nitrogens is 2. The van der Waals surface area contributed by atoms with Crippen LogP contribution in [0.15, 0.2) is 48.3 Å². The quantitative estimate of drug-likeness (QED) is 0.674. The Morgan fingerprint density at radius 3 is 3.05 bits per heavy atom. The Hall–Kier alpha value is -2.88. The molecule has 4 nitrogen and oxygen atoms in total. The number of nitrogens with one attached hydrogen (secondary N) is 1. The highest BCUT2D eigenvalue weighted by Gasteiger charge is 2.22. The van der Waals surface area contributed by atoms with Crippen molar-refractivity contribution in [1.82, 2.24) is 9.97 Å². The van der Waals surface area contributed by atoms with E-state index in [1.807, 2.05) is 24.4 Å². The van der Waals surface area contributed by atoms with Gasteiger partial charge in [-0.1, -0.05) is 0 Å². The van der Waals surface area contributed by atoms with Gasteiger partial charge in [-0.15, -0.1) is 0 Å². The SMILES string of the molecule is O=C1/C(=C/c2c[nH]c3ncccc23)CCc2cc(O)ccc21. The molecule has 0 saturated carbocycles. The second-order valence-electron chi connectivity index (χ2n) is 5.48. The maximum Gasteiger partial charge on any atom is 0.189 e. The van der Waals surface area contributed by atoms with Crippen LogP contribution in [-0.2, 0) is 6.42 Å². The van der Waals surface area contributed by atoms with Gasteiger partial charge < -0.3 is 10.1 Å². The second-order valence-corrected chi connectivity index (χ2v) is 5.48. The normalized spacial score (nSPS) is 16.2. The molecule has 3 aromatic rings. The molecule has 4 rings (SSSR count). The van der Waals surface area contributed by atoms with Crippen molar-refractivity contribution in [3.8, 4) is 5.75 Å². The van der Waals surface area contributed by atoms with E-state index in [1.54, 1.807) is 24.4 Å². The fourth-order valence-electron chi connectivity index (χ4n) is 2.99. The van der Waals surface area contributed by atoms with Crippen LogP contribution < -0.4 is 0 Å².